The monoisotopic (exact) mass is 688 g/mol. The second kappa shape index (κ2) is 13.4. The minimum atomic E-state index is 0.683. The van der Waals surface area contributed by atoms with Crippen LogP contribution in [-0.2, 0) is 0 Å². The molecule has 0 aliphatic heterocycles. The Labute approximate surface area is 313 Å². The lowest BCUT2D eigenvalue weighted by Gasteiger charge is -2.15. The lowest BCUT2D eigenvalue weighted by molar-refractivity contribution is 1.23. The molecule has 0 aliphatic rings. The first-order valence-corrected chi connectivity index (χ1v) is 18.1. The van der Waals surface area contributed by atoms with E-state index in [9.17, 15) is 0 Å². The zero-order chi connectivity index (χ0) is 35.8. The van der Waals surface area contributed by atoms with Crippen LogP contribution in [0.1, 0.15) is 0 Å². The van der Waals surface area contributed by atoms with Crippen molar-refractivity contribution in [3.8, 4) is 67.5 Å². The van der Waals surface area contributed by atoms with E-state index in [1.807, 2.05) is 24.3 Å². The summed E-state index contributed by atoms with van der Waals surface area (Å²) < 4.78 is 0. The molecule has 2 aromatic heterocycles. The molecule has 0 fully saturated rings. The van der Waals surface area contributed by atoms with Gasteiger partial charge in [-0.1, -0.05) is 164 Å². The van der Waals surface area contributed by atoms with Crippen molar-refractivity contribution in [3.05, 3.63) is 194 Å². The van der Waals surface area contributed by atoms with Crippen molar-refractivity contribution in [2.24, 2.45) is 0 Å². The molecule has 0 unspecified atom stereocenters. The summed E-state index contributed by atoms with van der Waals surface area (Å²) in [6, 6.07) is 67.4. The smallest absolute Gasteiger partial charge is 0.161 e. The zero-order valence-electron chi connectivity index (χ0n) is 29.3. The van der Waals surface area contributed by atoms with Crippen LogP contribution in [0.5, 0.6) is 0 Å². The molecule has 0 radical (unpaired) electrons. The summed E-state index contributed by atoms with van der Waals surface area (Å²) in [5.41, 5.74) is 12.2. The number of nitrogens with zero attached hydrogens (tertiary/aromatic N) is 4. The number of fused-ring (bicyclic) bond motifs is 3. The Morgan fingerprint density at radius 1 is 0.241 bits per heavy atom. The highest BCUT2D eigenvalue weighted by molar-refractivity contribution is 6.08. The van der Waals surface area contributed by atoms with Crippen molar-refractivity contribution in [1.82, 2.24) is 19.9 Å². The number of benzene rings is 8. The van der Waals surface area contributed by atoms with E-state index in [4.69, 9.17) is 19.9 Å². The number of rotatable bonds is 6. The maximum atomic E-state index is 5.33. The van der Waals surface area contributed by atoms with Gasteiger partial charge in [0.15, 0.2) is 11.6 Å². The van der Waals surface area contributed by atoms with E-state index in [2.05, 4.69) is 170 Å². The molecular weight excluding hydrogens is 657 g/mol. The molecule has 10 aromatic rings. The third-order valence-electron chi connectivity index (χ3n) is 10.1. The fraction of sp³-hybridized carbons (Fsp3) is 0. The Morgan fingerprint density at radius 2 is 0.667 bits per heavy atom. The molecule has 0 aliphatic carbocycles. The van der Waals surface area contributed by atoms with E-state index in [0.717, 1.165) is 82.9 Å². The Kier molecular flexibility index (Phi) is 7.77. The minimum absolute atomic E-state index is 0.683. The molecule has 0 spiro atoms. The summed E-state index contributed by atoms with van der Waals surface area (Å²) in [7, 11) is 0. The van der Waals surface area contributed by atoms with E-state index in [1.54, 1.807) is 0 Å². The summed E-state index contributed by atoms with van der Waals surface area (Å²) >= 11 is 0. The van der Waals surface area contributed by atoms with Crippen LogP contribution in [0.2, 0.25) is 0 Å². The Bertz CT molecular complexity index is 2990. The molecule has 0 saturated carbocycles. The number of para-hydroxylation sites is 2. The standard InChI is InChI=1S/C50H32N4/c1-3-15-33(16-4-1)35-19-13-21-37(31-35)47-43-25-9-11-27-45(43)52-50(53-47)42-30-29-41(39-23-7-8-24-40(39)42)48-44-26-10-12-28-46(44)51-49(54-48)38-22-14-20-36(32-38)34-17-5-2-6-18-34/h1-32H. The van der Waals surface area contributed by atoms with Gasteiger partial charge in [-0.15, -0.1) is 0 Å². The van der Waals surface area contributed by atoms with Gasteiger partial charge in [0.05, 0.1) is 22.4 Å². The maximum Gasteiger partial charge on any atom is 0.161 e. The fourth-order valence-electron chi connectivity index (χ4n) is 7.47. The number of hydrogen-bond donors (Lipinski definition) is 0. The van der Waals surface area contributed by atoms with E-state index >= 15 is 0 Å². The quantitative estimate of drug-likeness (QED) is 0.174. The zero-order valence-corrected chi connectivity index (χ0v) is 29.3. The Hall–Kier alpha value is -7.30. The summed E-state index contributed by atoms with van der Waals surface area (Å²) in [5, 5.41) is 4.15. The Balaban J connectivity index is 1.14. The molecule has 2 heterocycles. The van der Waals surface area contributed by atoms with Gasteiger partial charge >= 0.3 is 0 Å². The second-order valence-electron chi connectivity index (χ2n) is 13.4. The van der Waals surface area contributed by atoms with Gasteiger partial charge in [-0.25, -0.2) is 19.9 Å². The molecule has 10 rings (SSSR count). The lowest BCUT2D eigenvalue weighted by atomic mass is 9.95. The normalized spacial score (nSPS) is 11.3. The van der Waals surface area contributed by atoms with Gasteiger partial charge in [-0.2, -0.15) is 0 Å². The molecule has 0 atom stereocenters. The van der Waals surface area contributed by atoms with Crippen LogP contribution in [-0.4, -0.2) is 19.9 Å². The second-order valence-corrected chi connectivity index (χ2v) is 13.4. The van der Waals surface area contributed by atoms with Gasteiger partial charge in [0.25, 0.3) is 0 Å². The van der Waals surface area contributed by atoms with Gasteiger partial charge < -0.3 is 0 Å². The van der Waals surface area contributed by atoms with Crippen LogP contribution in [0.3, 0.4) is 0 Å². The van der Waals surface area contributed by atoms with Crippen molar-refractivity contribution in [2.45, 2.75) is 0 Å². The van der Waals surface area contributed by atoms with Crippen LogP contribution in [0, 0.1) is 0 Å². The van der Waals surface area contributed by atoms with E-state index in [1.165, 1.54) is 5.56 Å². The summed E-state index contributed by atoms with van der Waals surface area (Å²) in [5.74, 6) is 1.37. The highest BCUT2D eigenvalue weighted by Gasteiger charge is 2.19. The van der Waals surface area contributed by atoms with Gasteiger partial charge in [0.1, 0.15) is 0 Å². The molecule has 0 bridgehead atoms. The third-order valence-corrected chi connectivity index (χ3v) is 10.1. The van der Waals surface area contributed by atoms with Crippen molar-refractivity contribution < 1.29 is 0 Å². The summed E-state index contributed by atoms with van der Waals surface area (Å²) in [4.78, 5) is 20.9. The van der Waals surface area contributed by atoms with Crippen molar-refractivity contribution in [3.63, 3.8) is 0 Å². The predicted molar refractivity (Wildman–Crippen MR) is 223 cm³/mol. The largest absolute Gasteiger partial charge is 0.228 e. The predicted octanol–water partition coefficient (Wildman–Crippen LogP) is 12.7. The first kappa shape index (κ1) is 31.4. The van der Waals surface area contributed by atoms with Gasteiger partial charge in [-0.05, 0) is 63.4 Å². The molecule has 4 nitrogen and oxygen atoms in total. The molecule has 4 heteroatoms. The summed E-state index contributed by atoms with van der Waals surface area (Å²) in [6.45, 7) is 0. The van der Waals surface area contributed by atoms with Crippen LogP contribution >= 0.6 is 0 Å². The van der Waals surface area contributed by atoms with Crippen molar-refractivity contribution >= 4 is 32.6 Å². The highest BCUT2D eigenvalue weighted by Crippen LogP contribution is 2.39. The topological polar surface area (TPSA) is 51.6 Å². The van der Waals surface area contributed by atoms with Gasteiger partial charge in [0.2, 0.25) is 0 Å². The SMILES string of the molecule is c1ccc(-c2cccc(-c3nc(-c4ccc(-c5nc(-c6cccc(-c7ccccc7)c6)c6ccccc6n5)c5ccccc45)c4ccccc4n3)c2)cc1. The molecule has 252 valence electrons. The van der Waals surface area contributed by atoms with Gasteiger partial charge in [0, 0.05) is 33.0 Å². The van der Waals surface area contributed by atoms with Crippen LogP contribution in [0.25, 0.3) is 100 Å². The third kappa shape index (κ3) is 5.67. The van der Waals surface area contributed by atoms with Crippen LogP contribution in [0.15, 0.2) is 194 Å². The number of aromatic nitrogens is 4. The molecule has 54 heavy (non-hydrogen) atoms. The van der Waals surface area contributed by atoms with Crippen molar-refractivity contribution in [2.75, 3.05) is 0 Å². The van der Waals surface area contributed by atoms with Crippen LogP contribution < -0.4 is 0 Å². The van der Waals surface area contributed by atoms with Crippen molar-refractivity contribution in [1.29, 1.82) is 0 Å². The maximum absolute atomic E-state index is 5.33. The van der Waals surface area contributed by atoms with E-state index in [0.29, 0.717) is 11.6 Å². The highest BCUT2D eigenvalue weighted by atomic mass is 14.9. The van der Waals surface area contributed by atoms with E-state index in [-0.39, 0.29) is 0 Å². The number of hydrogen-bond acceptors (Lipinski definition) is 4. The first-order chi connectivity index (χ1) is 26.8. The molecule has 8 aromatic carbocycles. The fourth-order valence-corrected chi connectivity index (χ4v) is 7.47. The van der Waals surface area contributed by atoms with Crippen LogP contribution in [0.4, 0.5) is 0 Å². The Morgan fingerprint density at radius 3 is 1.31 bits per heavy atom. The average molecular weight is 689 g/mol. The lowest BCUT2D eigenvalue weighted by Crippen LogP contribution is -1.98. The molecule has 0 N–H and O–H groups in total. The minimum Gasteiger partial charge on any atom is -0.228 e. The average Bonchev–Trinajstić information content (AvgIpc) is 3.26. The molecule has 0 amide bonds. The molecule has 0 saturated heterocycles. The first-order valence-electron chi connectivity index (χ1n) is 18.1. The summed E-state index contributed by atoms with van der Waals surface area (Å²) in [6.07, 6.45) is 0. The van der Waals surface area contributed by atoms with E-state index < -0.39 is 0 Å². The van der Waals surface area contributed by atoms with Gasteiger partial charge in [-0.3, -0.25) is 0 Å². The molecular formula is C50H32N4.